The summed E-state index contributed by atoms with van der Waals surface area (Å²) in [5, 5.41) is 10.8. The van der Waals surface area contributed by atoms with Crippen LogP contribution in [0, 0.1) is 11.3 Å². The van der Waals surface area contributed by atoms with Crippen LogP contribution in [-0.4, -0.2) is 34.4 Å². The molecule has 112 valence electrons. The zero-order valence-electron chi connectivity index (χ0n) is 11.5. The van der Waals surface area contributed by atoms with Crippen molar-refractivity contribution >= 4 is 34.8 Å². The van der Waals surface area contributed by atoms with Gasteiger partial charge < -0.3 is 10.5 Å². The lowest BCUT2D eigenvalue weighted by molar-refractivity contribution is -0.222. The number of aromatic nitrogens is 2. The van der Waals surface area contributed by atoms with E-state index in [1.807, 2.05) is 13.8 Å². The first-order valence-corrected chi connectivity index (χ1v) is 7.34. The fourth-order valence-electron chi connectivity index (χ4n) is 3.46. The molecule has 6 nitrogen and oxygen atoms in total. The number of carbonyl (C=O) groups excluding carboxylic acids is 1. The van der Waals surface area contributed by atoms with Crippen LogP contribution in [0.4, 0.5) is 5.13 Å². The lowest BCUT2D eigenvalue weighted by Gasteiger charge is -2.64. The third kappa shape index (κ3) is 1.95. The zero-order chi connectivity index (χ0) is 13.7. The second kappa shape index (κ2) is 5.22. The van der Waals surface area contributed by atoms with Crippen molar-refractivity contribution in [2.75, 3.05) is 11.9 Å². The van der Waals surface area contributed by atoms with Crippen LogP contribution in [-0.2, 0) is 9.53 Å². The number of nitrogens with two attached hydrogens (primary N) is 1. The van der Waals surface area contributed by atoms with Crippen molar-refractivity contribution in [1.82, 2.24) is 10.2 Å². The van der Waals surface area contributed by atoms with Crippen LogP contribution in [0.3, 0.4) is 0 Å². The predicted molar refractivity (Wildman–Crippen MR) is 79.0 cm³/mol. The molecule has 2 fully saturated rings. The molecule has 3 N–H and O–H groups in total. The maximum Gasteiger partial charge on any atom is 0.247 e. The van der Waals surface area contributed by atoms with Gasteiger partial charge in [0.15, 0.2) is 0 Å². The molecule has 3 atom stereocenters. The first-order chi connectivity index (χ1) is 8.98. The van der Waals surface area contributed by atoms with E-state index in [2.05, 4.69) is 15.5 Å². The molecule has 2 heterocycles. The van der Waals surface area contributed by atoms with Gasteiger partial charge in [0.2, 0.25) is 11.0 Å². The minimum atomic E-state index is -0.899. The average molecular weight is 319 g/mol. The summed E-state index contributed by atoms with van der Waals surface area (Å²) in [5.74, 6) is -0.0924. The second-order valence-electron chi connectivity index (χ2n) is 5.83. The number of carbonyl (C=O) groups is 1. The number of fused-ring (bicyclic) bond motifs is 1. The zero-order valence-corrected chi connectivity index (χ0v) is 13.1. The van der Waals surface area contributed by atoms with Crippen molar-refractivity contribution < 1.29 is 9.53 Å². The van der Waals surface area contributed by atoms with Gasteiger partial charge in [0.25, 0.3) is 0 Å². The molecule has 0 aromatic carbocycles. The SMILES string of the molecule is CC1(C)C2OCCCC2C1(N)C(=O)Nc1nncs1.Cl. The number of nitrogens with one attached hydrogen (secondary N) is 1. The summed E-state index contributed by atoms with van der Waals surface area (Å²) in [6.45, 7) is 4.76. The average Bonchev–Trinajstić information content (AvgIpc) is 2.90. The number of amides is 1. The molecule has 3 rings (SSSR count). The lowest BCUT2D eigenvalue weighted by atomic mass is 9.46. The standard InChI is InChI=1S/C12H18N4O2S.ClH/c1-11(2)8-7(4-3-5-18-8)12(11,13)9(17)15-10-16-14-6-19-10;/h6-8H,3-5,13H2,1-2H3,(H,15,16,17);1H. The number of nitrogens with zero attached hydrogens (tertiary/aromatic N) is 2. The minimum absolute atomic E-state index is 0. The Bertz CT molecular complexity index is 496. The summed E-state index contributed by atoms with van der Waals surface area (Å²) in [6.07, 6.45) is 1.97. The second-order valence-corrected chi connectivity index (χ2v) is 6.66. The Kier molecular flexibility index (Phi) is 4.07. The van der Waals surface area contributed by atoms with Gasteiger partial charge in [0, 0.05) is 17.9 Å². The van der Waals surface area contributed by atoms with Gasteiger partial charge in [-0.1, -0.05) is 25.2 Å². The summed E-state index contributed by atoms with van der Waals surface area (Å²) in [6, 6.07) is 0. The molecule has 3 unspecified atom stereocenters. The van der Waals surface area contributed by atoms with Gasteiger partial charge in [-0.25, -0.2) is 0 Å². The highest BCUT2D eigenvalue weighted by atomic mass is 35.5. The van der Waals surface area contributed by atoms with Crippen LogP contribution in [0.5, 0.6) is 0 Å². The molecule has 1 saturated carbocycles. The Balaban J connectivity index is 0.00000147. The Hall–Kier alpha value is -0.760. The van der Waals surface area contributed by atoms with Crippen LogP contribution in [0.25, 0.3) is 0 Å². The maximum atomic E-state index is 12.5. The van der Waals surface area contributed by atoms with Gasteiger partial charge in [-0.3, -0.25) is 10.1 Å². The maximum absolute atomic E-state index is 12.5. The lowest BCUT2D eigenvalue weighted by Crippen LogP contribution is -2.81. The number of ether oxygens (including phenoxy) is 1. The number of anilines is 1. The largest absolute Gasteiger partial charge is 0.377 e. The molecule has 0 bridgehead atoms. The highest BCUT2D eigenvalue weighted by molar-refractivity contribution is 7.13. The molecule has 0 spiro atoms. The number of halogens is 1. The summed E-state index contributed by atoms with van der Waals surface area (Å²) < 4.78 is 5.79. The molecule has 20 heavy (non-hydrogen) atoms. The highest BCUT2D eigenvalue weighted by Crippen LogP contribution is 2.57. The molecule has 1 saturated heterocycles. The predicted octanol–water partition coefficient (Wildman–Crippen LogP) is 1.43. The number of hydrogen-bond donors (Lipinski definition) is 2. The van der Waals surface area contributed by atoms with E-state index in [1.165, 1.54) is 11.3 Å². The molecule has 1 aromatic rings. The van der Waals surface area contributed by atoms with Gasteiger partial charge >= 0.3 is 0 Å². The molecule has 1 amide bonds. The fourth-order valence-corrected chi connectivity index (χ4v) is 3.90. The first kappa shape index (κ1) is 15.6. The van der Waals surface area contributed by atoms with Crippen molar-refractivity contribution in [3.63, 3.8) is 0 Å². The van der Waals surface area contributed by atoms with E-state index in [9.17, 15) is 4.79 Å². The molecular formula is C12H19ClN4O2S. The normalized spacial score (nSPS) is 34.4. The van der Waals surface area contributed by atoms with Gasteiger partial charge in [0.05, 0.1) is 6.10 Å². The monoisotopic (exact) mass is 318 g/mol. The third-order valence-electron chi connectivity index (χ3n) is 4.64. The van der Waals surface area contributed by atoms with Crippen LogP contribution in [0.15, 0.2) is 5.51 Å². The van der Waals surface area contributed by atoms with E-state index in [4.69, 9.17) is 10.5 Å². The van der Waals surface area contributed by atoms with Gasteiger partial charge in [0.1, 0.15) is 11.0 Å². The Morgan fingerprint density at radius 2 is 2.35 bits per heavy atom. The van der Waals surface area contributed by atoms with Crippen LogP contribution in [0.2, 0.25) is 0 Å². The van der Waals surface area contributed by atoms with E-state index in [0.717, 1.165) is 19.4 Å². The van der Waals surface area contributed by atoms with Crippen LogP contribution < -0.4 is 11.1 Å². The quantitative estimate of drug-likeness (QED) is 0.861. The van der Waals surface area contributed by atoms with E-state index in [0.29, 0.717) is 5.13 Å². The molecule has 0 radical (unpaired) electrons. The van der Waals surface area contributed by atoms with Crippen molar-refractivity contribution in [3.8, 4) is 0 Å². The molecule has 8 heteroatoms. The van der Waals surface area contributed by atoms with Crippen molar-refractivity contribution in [1.29, 1.82) is 0 Å². The topological polar surface area (TPSA) is 90.1 Å². The number of rotatable bonds is 2. The molecule has 2 aliphatic rings. The van der Waals surface area contributed by atoms with Gasteiger partial charge in [-0.05, 0) is 12.8 Å². The number of hydrogen-bond acceptors (Lipinski definition) is 6. The van der Waals surface area contributed by atoms with E-state index in [-0.39, 0.29) is 35.8 Å². The van der Waals surface area contributed by atoms with E-state index in [1.54, 1.807) is 5.51 Å². The summed E-state index contributed by atoms with van der Waals surface area (Å²) in [5.41, 5.74) is 6.77. The molecule has 1 aliphatic carbocycles. The summed E-state index contributed by atoms with van der Waals surface area (Å²) in [7, 11) is 0. The Morgan fingerprint density at radius 3 is 3.00 bits per heavy atom. The van der Waals surface area contributed by atoms with Crippen molar-refractivity contribution in [2.24, 2.45) is 17.1 Å². The molecule has 1 aliphatic heterocycles. The van der Waals surface area contributed by atoms with Crippen LogP contribution in [0.1, 0.15) is 26.7 Å². The van der Waals surface area contributed by atoms with E-state index < -0.39 is 5.54 Å². The van der Waals surface area contributed by atoms with Crippen molar-refractivity contribution in [2.45, 2.75) is 38.3 Å². The highest BCUT2D eigenvalue weighted by Gasteiger charge is 2.70. The van der Waals surface area contributed by atoms with Crippen LogP contribution >= 0.6 is 23.7 Å². The Morgan fingerprint density at radius 1 is 1.60 bits per heavy atom. The fraction of sp³-hybridized carbons (Fsp3) is 0.750. The van der Waals surface area contributed by atoms with Crippen molar-refractivity contribution in [3.05, 3.63) is 5.51 Å². The summed E-state index contributed by atoms with van der Waals surface area (Å²) >= 11 is 1.29. The van der Waals surface area contributed by atoms with E-state index >= 15 is 0 Å². The molecular weight excluding hydrogens is 300 g/mol. The smallest absolute Gasteiger partial charge is 0.247 e. The first-order valence-electron chi connectivity index (χ1n) is 6.46. The minimum Gasteiger partial charge on any atom is -0.377 e. The summed E-state index contributed by atoms with van der Waals surface area (Å²) in [4.78, 5) is 12.5. The van der Waals surface area contributed by atoms with Gasteiger partial charge in [-0.15, -0.1) is 22.6 Å². The third-order valence-corrected chi connectivity index (χ3v) is 5.25. The molecule has 1 aromatic heterocycles. The Labute approximate surface area is 127 Å². The van der Waals surface area contributed by atoms with Gasteiger partial charge in [-0.2, -0.15) is 0 Å².